The first-order chi connectivity index (χ1) is 7.31. The van der Waals surface area contributed by atoms with Crippen LogP contribution in [0.4, 0.5) is 5.69 Å². The summed E-state index contributed by atoms with van der Waals surface area (Å²) in [6.07, 6.45) is 0. The van der Waals surface area contributed by atoms with Crippen LogP contribution >= 0.6 is 11.6 Å². The predicted molar refractivity (Wildman–Crippen MR) is 61.0 cm³/mol. The molecule has 0 radical (unpaired) electrons. The molecule has 2 rings (SSSR count). The van der Waals surface area contributed by atoms with Crippen LogP contribution in [-0.4, -0.2) is 25.1 Å². The van der Waals surface area contributed by atoms with Gasteiger partial charge in [0, 0.05) is 25.3 Å². The van der Waals surface area contributed by atoms with Crippen LogP contribution in [0.2, 0.25) is 0 Å². The van der Waals surface area contributed by atoms with Crippen LogP contribution in [0, 0.1) is 11.3 Å². The van der Waals surface area contributed by atoms with E-state index in [0.29, 0.717) is 5.56 Å². The lowest BCUT2D eigenvalue weighted by molar-refractivity contribution is 0.559. The molecule has 0 bridgehead atoms. The fourth-order valence-corrected chi connectivity index (χ4v) is 2.04. The SMILES string of the molecule is N#Cc1cccc(N2CCNCC2Cl)c1. The maximum atomic E-state index is 8.81. The normalized spacial score (nSPS) is 21.1. The zero-order valence-electron chi connectivity index (χ0n) is 8.28. The van der Waals surface area contributed by atoms with Gasteiger partial charge in [0.05, 0.1) is 11.6 Å². The number of piperazine rings is 1. The van der Waals surface area contributed by atoms with Crippen molar-refractivity contribution in [2.24, 2.45) is 0 Å². The van der Waals surface area contributed by atoms with E-state index in [1.54, 1.807) is 6.07 Å². The Morgan fingerprint density at radius 2 is 2.40 bits per heavy atom. The molecule has 1 aromatic carbocycles. The van der Waals surface area contributed by atoms with Gasteiger partial charge in [-0.1, -0.05) is 17.7 Å². The second-order valence-electron chi connectivity index (χ2n) is 3.49. The molecule has 1 unspecified atom stereocenters. The van der Waals surface area contributed by atoms with E-state index in [9.17, 15) is 0 Å². The summed E-state index contributed by atoms with van der Waals surface area (Å²) in [5.74, 6) is 0. The minimum atomic E-state index is -0.0345. The zero-order chi connectivity index (χ0) is 10.7. The van der Waals surface area contributed by atoms with E-state index in [4.69, 9.17) is 16.9 Å². The Hall–Kier alpha value is -1.24. The molecule has 1 saturated heterocycles. The van der Waals surface area contributed by atoms with Crippen molar-refractivity contribution >= 4 is 17.3 Å². The van der Waals surface area contributed by atoms with Crippen molar-refractivity contribution in [3.63, 3.8) is 0 Å². The lowest BCUT2D eigenvalue weighted by Gasteiger charge is -2.34. The first kappa shape index (κ1) is 10.3. The van der Waals surface area contributed by atoms with Crippen molar-refractivity contribution < 1.29 is 0 Å². The minimum Gasteiger partial charge on any atom is -0.353 e. The molecule has 0 aliphatic carbocycles. The molecule has 1 aliphatic heterocycles. The lowest BCUT2D eigenvalue weighted by atomic mass is 10.2. The smallest absolute Gasteiger partial charge is 0.116 e. The average molecular weight is 222 g/mol. The molecule has 1 fully saturated rings. The Morgan fingerprint density at radius 1 is 1.53 bits per heavy atom. The Bertz CT molecular complexity index is 386. The van der Waals surface area contributed by atoms with Crippen LogP contribution < -0.4 is 10.2 Å². The molecule has 0 spiro atoms. The Kier molecular flexibility index (Phi) is 3.10. The summed E-state index contributed by atoms with van der Waals surface area (Å²) >= 11 is 6.19. The Labute approximate surface area is 94.3 Å². The molecule has 4 heteroatoms. The number of halogens is 1. The van der Waals surface area contributed by atoms with E-state index in [1.165, 1.54) is 0 Å². The zero-order valence-corrected chi connectivity index (χ0v) is 9.04. The third-order valence-electron chi connectivity index (χ3n) is 2.49. The van der Waals surface area contributed by atoms with Gasteiger partial charge in [0.15, 0.2) is 0 Å². The highest BCUT2D eigenvalue weighted by Crippen LogP contribution is 2.21. The number of benzene rings is 1. The second-order valence-corrected chi connectivity index (χ2v) is 4.00. The van der Waals surface area contributed by atoms with Gasteiger partial charge in [-0.2, -0.15) is 5.26 Å². The molecule has 3 nitrogen and oxygen atoms in total. The van der Waals surface area contributed by atoms with Gasteiger partial charge in [0.25, 0.3) is 0 Å². The third-order valence-corrected chi connectivity index (χ3v) is 2.88. The van der Waals surface area contributed by atoms with Gasteiger partial charge in [-0.25, -0.2) is 0 Å². The lowest BCUT2D eigenvalue weighted by Crippen LogP contribution is -2.48. The molecule has 1 heterocycles. The van der Waals surface area contributed by atoms with E-state index in [0.717, 1.165) is 25.3 Å². The van der Waals surface area contributed by atoms with Crippen LogP contribution in [0.25, 0.3) is 0 Å². The number of nitrogens with zero attached hydrogens (tertiary/aromatic N) is 2. The van der Waals surface area contributed by atoms with Crippen LogP contribution in [0.5, 0.6) is 0 Å². The first-order valence-electron chi connectivity index (χ1n) is 4.93. The summed E-state index contributed by atoms with van der Waals surface area (Å²) in [5.41, 5.74) is 1.66. The maximum absolute atomic E-state index is 8.81. The molecule has 15 heavy (non-hydrogen) atoms. The van der Waals surface area contributed by atoms with E-state index < -0.39 is 0 Å². The minimum absolute atomic E-state index is 0.0345. The monoisotopic (exact) mass is 221 g/mol. The fourth-order valence-electron chi connectivity index (χ4n) is 1.72. The molecule has 1 aromatic rings. The number of hydrogen-bond acceptors (Lipinski definition) is 3. The van der Waals surface area contributed by atoms with Crippen molar-refractivity contribution in [1.82, 2.24) is 5.32 Å². The van der Waals surface area contributed by atoms with Gasteiger partial charge in [0.1, 0.15) is 5.50 Å². The van der Waals surface area contributed by atoms with Crippen molar-refractivity contribution in [2.75, 3.05) is 24.5 Å². The van der Waals surface area contributed by atoms with E-state index in [-0.39, 0.29) is 5.50 Å². The Morgan fingerprint density at radius 3 is 3.13 bits per heavy atom. The number of rotatable bonds is 1. The third kappa shape index (κ3) is 2.23. The van der Waals surface area contributed by atoms with Gasteiger partial charge in [0.2, 0.25) is 0 Å². The Balaban J connectivity index is 2.24. The summed E-state index contributed by atoms with van der Waals surface area (Å²) in [7, 11) is 0. The van der Waals surface area contributed by atoms with Crippen LogP contribution in [0.3, 0.4) is 0 Å². The highest BCUT2D eigenvalue weighted by atomic mass is 35.5. The van der Waals surface area contributed by atoms with Crippen LogP contribution in [0.15, 0.2) is 24.3 Å². The molecular weight excluding hydrogens is 210 g/mol. The topological polar surface area (TPSA) is 39.1 Å². The van der Waals surface area contributed by atoms with Crippen molar-refractivity contribution in [1.29, 1.82) is 5.26 Å². The summed E-state index contributed by atoms with van der Waals surface area (Å²) in [5, 5.41) is 12.0. The number of nitriles is 1. The largest absolute Gasteiger partial charge is 0.353 e. The maximum Gasteiger partial charge on any atom is 0.116 e. The fraction of sp³-hybridized carbons (Fsp3) is 0.364. The molecule has 1 aliphatic rings. The average Bonchev–Trinajstić information content (AvgIpc) is 2.30. The van der Waals surface area contributed by atoms with Gasteiger partial charge >= 0.3 is 0 Å². The summed E-state index contributed by atoms with van der Waals surface area (Å²) in [4.78, 5) is 2.11. The van der Waals surface area contributed by atoms with E-state index in [1.807, 2.05) is 18.2 Å². The van der Waals surface area contributed by atoms with Crippen molar-refractivity contribution in [2.45, 2.75) is 5.50 Å². The molecule has 1 N–H and O–H groups in total. The van der Waals surface area contributed by atoms with Crippen molar-refractivity contribution in [3.8, 4) is 6.07 Å². The standard InChI is InChI=1S/C11H12ClN3/c12-11-8-14-4-5-15(11)10-3-1-2-9(6-10)7-13/h1-3,6,11,14H,4-5,8H2. The quantitative estimate of drug-likeness (QED) is 0.578. The van der Waals surface area contributed by atoms with Crippen LogP contribution in [0.1, 0.15) is 5.56 Å². The highest BCUT2D eigenvalue weighted by molar-refractivity contribution is 6.22. The van der Waals surface area contributed by atoms with E-state index in [2.05, 4.69) is 16.3 Å². The molecule has 0 saturated carbocycles. The summed E-state index contributed by atoms with van der Waals surface area (Å²) in [6.45, 7) is 2.58. The molecule has 0 amide bonds. The first-order valence-corrected chi connectivity index (χ1v) is 5.36. The molecule has 78 valence electrons. The van der Waals surface area contributed by atoms with Crippen LogP contribution in [-0.2, 0) is 0 Å². The highest BCUT2D eigenvalue weighted by Gasteiger charge is 2.19. The predicted octanol–water partition coefficient (Wildman–Crippen LogP) is 1.53. The molecule has 0 aromatic heterocycles. The number of anilines is 1. The van der Waals surface area contributed by atoms with Gasteiger partial charge in [-0.15, -0.1) is 0 Å². The van der Waals surface area contributed by atoms with Gasteiger partial charge < -0.3 is 10.2 Å². The molecule has 1 atom stereocenters. The van der Waals surface area contributed by atoms with E-state index >= 15 is 0 Å². The number of alkyl halides is 1. The number of nitrogens with one attached hydrogen (secondary N) is 1. The number of hydrogen-bond donors (Lipinski definition) is 1. The van der Waals surface area contributed by atoms with Gasteiger partial charge in [-0.05, 0) is 18.2 Å². The van der Waals surface area contributed by atoms with Gasteiger partial charge in [-0.3, -0.25) is 0 Å². The molecular formula is C11H12ClN3. The van der Waals surface area contributed by atoms with Crippen molar-refractivity contribution in [3.05, 3.63) is 29.8 Å². The summed E-state index contributed by atoms with van der Waals surface area (Å²) < 4.78 is 0. The second kappa shape index (κ2) is 4.52. The summed E-state index contributed by atoms with van der Waals surface area (Å²) in [6, 6.07) is 9.69.